The van der Waals surface area contributed by atoms with Crippen molar-refractivity contribution < 1.29 is 9.90 Å². The van der Waals surface area contributed by atoms with Crippen LogP contribution in [0.25, 0.3) is 21.8 Å². The van der Waals surface area contributed by atoms with E-state index in [4.69, 9.17) is 11.0 Å². The third-order valence-corrected chi connectivity index (χ3v) is 4.78. The van der Waals surface area contributed by atoms with E-state index in [1.807, 2.05) is 41.8 Å². The Kier molecular flexibility index (Phi) is 3.82. The molecule has 0 radical (unpaired) electrons. The summed E-state index contributed by atoms with van der Waals surface area (Å²) >= 11 is 0. The molecule has 1 heterocycles. The van der Waals surface area contributed by atoms with Crippen LogP contribution in [-0.2, 0) is 6.54 Å². The van der Waals surface area contributed by atoms with E-state index in [-0.39, 0.29) is 5.75 Å². The van der Waals surface area contributed by atoms with Crippen molar-refractivity contribution in [3.05, 3.63) is 76.9 Å². The second-order valence-electron chi connectivity index (χ2n) is 6.64. The highest BCUT2D eigenvalue weighted by molar-refractivity contribution is 6.19. The zero-order valence-corrected chi connectivity index (χ0v) is 14.7. The van der Waals surface area contributed by atoms with Gasteiger partial charge in [-0.15, -0.1) is 0 Å². The molecule has 4 rings (SSSR count). The third-order valence-electron chi connectivity index (χ3n) is 4.78. The summed E-state index contributed by atoms with van der Waals surface area (Å²) in [6.45, 7) is 2.41. The minimum Gasteiger partial charge on any atom is -0.507 e. The summed E-state index contributed by atoms with van der Waals surface area (Å²) < 4.78 is 2.04. The van der Waals surface area contributed by atoms with Gasteiger partial charge in [-0.2, -0.15) is 5.26 Å². The zero-order chi connectivity index (χ0) is 19.1. The van der Waals surface area contributed by atoms with Gasteiger partial charge < -0.3 is 15.4 Å². The number of hydrogen-bond donors (Lipinski definition) is 2. The average molecular weight is 355 g/mol. The number of nitrogens with two attached hydrogens (primary N) is 1. The lowest BCUT2D eigenvalue weighted by Gasteiger charge is -2.09. The zero-order valence-electron chi connectivity index (χ0n) is 14.7. The van der Waals surface area contributed by atoms with Crippen molar-refractivity contribution in [2.45, 2.75) is 13.5 Å². The molecular formula is C22H17N3O2. The van der Waals surface area contributed by atoms with Crippen LogP contribution in [0.3, 0.4) is 0 Å². The summed E-state index contributed by atoms with van der Waals surface area (Å²) in [5.74, 6) is -0.417. The van der Waals surface area contributed by atoms with Gasteiger partial charge >= 0.3 is 0 Å². The highest BCUT2D eigenvalue weighted by Gasteiger charge is 2.19. The van der Waals surface area contributed by atoms with Crippen LogP contribution < -0.4 is 5.73 Å². The fraction of sp³-hybridized carbons (Fsp3) is 0.0909. The SMILES string of the molecule is Cc1cc(O)c2c3c(C(N)=O)cccc3n(Cc3cccc(C#N)c3)c2c1. The number of benzene rings is 3. The first-order valence-electron chi connectivity index (χ1n) is 8.53. The Morgan fingerprint density at radius 3 is 2.63 bits per heavy atom. The van der Waals surface area contributed by atoms with E-state index in [2.05, 4.69) is 6.07 Å². The molecule has 0 spiro atoms. The summed E-state index contributed by atoms with van der Waals surface area (Å²) in [4.78, 5) is 12.0. The van der Waals surface area contributed by atoms with Crippen LogP contribution in [0.15, 0.2) is 54.6 Å². The Labute approximate surface area is 155 Å². The summed E-state index contributed by atoms with van der Waals surface area (Å²) in [5.41, 5.74) is 10.0. The number of phenols is 1. The van der Waals surface area contributed by atoms with Crippen LogP contribution in [0.1, 0.15) is 27.0 Å². The minimum absolute atomic E-state index is 0.119. The maximum Gasteiger partial charge on any atom is 0.249 e. The second-order valence-corrected chi connectivity index (χ2v) is 6.64. The number of carbonyl (C=O) groups is 1. The van der Waals surface area contributed by atoms with Gasteiger partial charge in [0.05, 0.1) is 28.1 Å². The van der Waals surface area contributed by atoms with Gasteiger partial charge in [-0.05, 0) is 54.4 Å². The molecule has 0 unspecified atom stereocenters. The molecule has 27 heavy (non-hydrogen) atoms. The summed E-state index contributed by atoms with van der Waals surface area (Å²) in [6.07, 6.45) is 0. The van der Waals surface area contributed by atoms with Gasteiger partial charge in [0.15, 0.2) is 0 Å². The molecule has 3 N–H and O–H groups in total. The maximum absolute atomic E-state index is 12.0. The van der Waals surface area contributed by atoms with Crippen molar-refractivity contribution >= 4 is 27.7 Å². The second kappa shape index (κ2) is 6.19. The van der Waals surface area contributed by atoms with E-state index < -0.39 is 5.91 Å². The van der Waals surface area contributed by atoms with Crippen LogP contribution in [0.5, 0.6) is 5.75 Å². The van der Waals surface area contributed by atoms with Crippen LogP contribution in [0.4, 0.5) is 0 Å². The molecule has 0 aliphatic carbocycles. The molecule has 0 saturated heterocycles. The summed E-state index contributed by atoms with van der Waals surface area (Å²) in [5, 5.41) is 21.0. The quantitative estimate of drug-likeness (QED) is 0.585. The van der Waals surface area contributed by atoms with Crippen molar-refractivity contribution in [2.24, 2.45) is 5.73 Å². The van der Waals surface area contributed by atoms with E-state index in [0.29, 0.717) is 28.4 Å². The van der Waals surface area contributed by atoms with Gasteiger partial charge in [-0.1, -0.05) is 18.2 Å². The largest absolute Gasteiger partial charge is 0.507 e. The summed E-state index contributed by atoms with van der Waals surface area (Å²) in [6, 6.07) is 18.6. The number of aryl methyl sites for hydroxylation is 1. The molecule has 3 aromatic carbocycles. The number of aromatic nitrogens is 1. The Morgan fingerprint density at radius 2 is 1.89 bits per heavy atom. The van der Waals surface area contributed by atoms with E-state index >= 15 is 0 Å². The first-order chi connectivity index (χ1) is 13.0. The van der Waals surface area contributed by atoms with Crippen LogP contribution in [0, 0.1) is 18.3 Å². The molecule has 0 atom stereocenters. The molecular weight excluding hydrogens is 338 g/mol. The lowest BCUT2D eigenvalue weighted by Crippen LogP contribution is -2.11. The van der Waals surface area contributed by atoms with Crippen LogP contribution >= 0.6 is 0 Å². The van der Waals surface area contributed by atoms with Gasteiger partial charge in [-0.3, -0.25) is 4.79 Å². The van der Waals surface area contributed by atoms with Crippen molar-refractivity contribution in [1.29, 1.82) is 5.26 Å². The van der Waals surface area contributed by atoms with Gasteiger partial charge in [0.25, 0.3) is 0 Å². The average Bonchev–Trinajstić information content (AvgIpc) is 2.95. The maximum atomic E-state index is 12.0. The molecule has 1 amide bonds. The van der Waals surface area contributed by atoms with Gasteiger partial charge in [-0.25, -0.2) is 0 Å². The molecule has 0 saturated carbocycles. The fourth-order valence-corrected chi connectivity index (χ4v) is 3.67. The van der Waals surface area contributed by atoms with E-state index in [9.17, 15) is 9.90 Å². The number of primary amides is 1. The number of amides is 1. The Bertz CT molecular complexity index is 1260. The summed E-state index contributed by atoms with van der Waals surface area (Å²) in [7, 11) is 0. The number of rotatable bonds is 3. The third kappa shape index (κ3) is 2.68. The lowest BCUT2D eigenvalue weighted by atomic mass is 10.0. The molecule has 0 fully saturated rings. The van der Waals surface area contributed by atoms with Crippen molar-refractivity contribution in [1.82, 2.24) is 4.57 Å². The number of nitriles is 1. The number of phenolic OH excluding ortho intramolecular Hbond substituents is 1. The Morgan fingerprint density at radius 1 is 1.11 bits per heavy atom. The lowest BCUT2D eigenvalue weighted by molar-refractivity contribution is 0.100. The van der Waals surface area contributed by atoms with Gasteiger partial charge in [0.2, 0.25) is 5.91 Å². The smallest absolute Gasteiger partial charge is 0.249 e. The molecule has 0 aliphatic rings. The first kappa shape index (κ1) is 16.7. The van der Waals surface area contributed by atoms with E-state index in [0.717, 1.165) is 22.2 Å². The normalized spacial score (nSPS) is 11.0. The molecule has 5 heteroatoms. The van der Waals surface area contributed by atoms with Crippen molar-refractivity contribution in [3.63, 3.8) is 0 Å². The van der Waals surface area contributed by atoms with Crippen LogP contribution in [0.2, 0.25) is 0 Å². The number of aromatic hydroxyl groups is 1. The Hall–Kier alpha value is -3.78. The highest BCUT2D eigenvalue weighted by Crippen LogP contribution is 2.38. The molecule has 132 valence electrons. The molecule has 0 aliphatic heterocycles. The highest BCUT2D eigenvalue weighted by atomic mass is 16.3. The number of carbonyl (C=O) groups excluding carboxylic acids is 1. The number of nitrogens with zero attached hydrogens (tertiary/aromatic N) is 2. The minimum atomic E-state index is -0.536. The van der Waals surface area contributed by atoms with Gasteiger partial charge in [0, 0.05) is 17.5 Å². The predicted octanol–water partition coefficient (Wildman–Crippen LogP) is 3.83. The molecule has 1 aromatic heterocycles. The van der Waals surface area contributed by atoms with Crippen LogP contribution in [-0.4, -0.2) is 15.6 Å². The predicted molar refractivity (Wildman–Crippen MR) is 105 cm³/mol. The first-order valence-corrected chi connectivity index (χ1v) is 8.53. The van der Waals surface area contributed by atoms with Gasteiger partial charge in [0.1, 0.15) is 5.75 Å². The number of hydrogen-bond acceptors (Lipinski definition) is 3. The molecule has 0 bridgehead atoms. The standard InChI is InChI=1S/C22H17N3O2/c1-13-8-18-21(19(26)9-13)20-16(22(24)27)6-3-7-17(20)25(18)12-15-5-2-4-14(10-15)11-23/h2-10,26H,12H2,1H3,(H2,24,27). The molecule has 5 nitrogen and oxygen atoms in total. The van der Waals surface area contributed by atoms with Crippen molar-refractivity contribution in [2.75, 3.05) is 0 Å². The Balaban J connectivity index is 2.08. The number of fused-ring (bicyclic) bond motifs is 3. The fourth-order valence-electron chi connectivity index (χ4n) is 3.67. The van der Waals surface area contributed by atoms with E-state index in [1.165, 1.54) is 0 Å². The topological polar surface area (TPSA) is 92.0 Å². The molecule has 4 aromatic rings. The van der Waals surface area contributed by atoms with E-state index in [1.54, 1.807) is 24.3 Å². The monoisotopic (exact) mass is 355 g/mol. The van der Waals surface area contributed by atoms with Crippen molar-refractivity contribution in [3.8, 4) is 11.8 Å².